The van der Waals surface area contributed by atoms with Crippen LogP contribution >= 0.6 is 23.2 Å². The zero-order valence-electron chi connectivity index (χ0n) is 14.2. The summed E-state index contributed by atoms with van der Waals surface area (Å²) in [5.41, 5.74) is 2.45. The number of carbonyl (C=O) groups excluding carboxylic acids is 1. The van der Waals surface area contributed by atoms with Gasteiger partial charge in [0.15, 0.2) is 0 Å². The summed E-state index contributed by atoms with van der Waals surface area (Å²) < 4.78 is 0. The van der Waals surface area contributed by atoms with Crippen LogP contribution < -0.4 is 4.90 Å². The lowest BCUT2D eigenvalue weighted by atomic mass is 10.2. The van der Waals surface area contributed by atoms with E-state index in [9.17, 15) is 4.79 Å². The van der Waals surface area contributed by atoms with E-state index in [1.165, 1.54) is 0 Å². The minimum Gasteiger partial charge on any atom is -0.340 e. The second kappa shape index (κ2) is 6.82. The van der Waals surface area contributed by atoms with Crippen molar-refractivity contribution in [3.8, 4) is 0 Å². The Bertz CT molecular complexity index is 971. The van der Waals surface area contributed by atoms with E-state index >= 15 is 0 Å². The molecule has 1 saturated heterocycles. The quantitative estimate of drug-likeness (QED) is 0.664. The minimum atomic E-state index is -0.182. The molecule has 2 amide bonds. The average Bonchev–Trinajstić information content (AvgIpc) is 3.05. The number of hydrogen-bond acceptors (Lipinski definition) is 2. The van der Waals surface area contributed by atoms with Crippen molar-refractivity contribution < 1.29 is 4.79 Å². The monoisotopic (exact) mass is 388 g/mol. The number of aromatic amines is 1. The highest BCUT2D eigenvalue weighted by atomic mass is 35.5. The number of para-hydroxylation sites is 1. The van der Waals surface area contributed by atoms with E-state index in [0.717, 1.165) is 29.0 Å². The zero-order valence-corrected chi connectivity index (χ0v) is 15.8. The largest absolute Gasteiger partial charge is 0.340 e. The van der Waals surface area contributed by atoms with E-state index in [-0.39, 0.29) is 12.1 Å². The zero-order chi connectivity index (χ0) is 18.3. The Hall–Kier alpha value is -2.24. The number of urea groups is 1. The lowest BCUT2D eigenvalue weighted by Crippen LogP contribution is -2.50. The van der Waals surface area contributed by atoms with Crippen molar-refractivity contribution in [2.24, 2.45) is 0 Å². The molecule has 3 aromatic rings. The van der Waals surface area contributed by atoms with Crippen molar-refractivity contribution in [1.82, 2.24) is 14.9 Å². The molecule has 2 aromatic carbocycles. The molecule has 4 rings (SSSR count). The molecular weight excluding hydrogens is 371 g/mol. The first-order valence-corrected chi connectivity index (χ1v) is 9.28. The molecule has 0 saturated carbocycles. The second-order valence-electron chi connectivity index (χ2n) is 6.39. The van der Waals surface area contributed by atoms with Crippen LogP contribution in [0.4, 0.5) is 10.5 Å². The standard InChI is InChI=1S/C19H18Cl2N4O/c1-12(18-22-15-8-7-13(20)11-16(15)23-18)24-9-4-10-25(19(24)26)17-6-3-2-5-14(17)21/h2-3,5-8,11-12H,4,9-10H2,1H3,(H,22,23)/t12-/m0/s1. The molecule has 1 N–H and O–H groups in total. The van der Waals surface area contributed by atoms with Gasteiger partial charge in [-0.15, -0.1) is 0 Å². The first-order valence-electron chi connectivity index (χ1n) is 8.52. The Morgan fingerprint density at radius 3 is 2.77 bits per heavy atom. The van der Waals surface area contributed by atoms with Gasteiger partial charge in [-0.3, -0.25) is 4.90 Å². The molecule has 1 atom stereocenters. The van der Waals surface area contributed by atoms with Gasteiger partial charge in [0.1, 0.15) is 5.82 Å². The molecule has 5 nitrogen and oxygen atoms in total. The Kier molecular flexibility index (Phi) is 4.51. The van der Waals surface area contributed by atoms with Gasteiger partial charge in [0.05, 0.1) is 27.8 Å². The third-order valence-electron chi connectivity index (χ3n) is 4.73. The molecule has 0 unspecified atom stereocenters. The molecule has 1 aliphatic heterocycles. The van der Waals surface area contributed by atoms with Crippen LogP contribution in [0, 0.1) is 0 Å². The fraction of sp³-hybridized carbons (Fsp3) is 0.263. The van der Waals surface area contributed by atoms with E-state index < -0.39 is 0 Å². The number of rotatable bonds is 3. The summed E-state index contributed by atoms with van der Waals surface area (Å²) in [5, 5.41) is 1.23. The van der Waals surface area contributed by atoms with Gasteiger partial charge < -0.3 is 9.88 Å². The predicted molar refractivity (Wildman–Crippen MR) is 105 cm³/mol. The maximum Gasteiger partial charge on any atom is 0.325 e. The molecule has 134 valence electrons. The molecule has 1 aliphatic rings. The van der Waals surface area contributed by atoms with E-state index in [4.69, 9.17) is 23.2 Å². The Balaban J connectivity index is 1.63. The number of imidazole rings is 1. The summed E-state index contributed by atoms with van der Waals surface area (Å²) in [4.78, 5) is 24.6. The first-order chi connectivity index (χ1) is 12.5. The van der Waals surface area contributed by atoms with Crippen molar-refractivity contribution in [2.45, 2.75) is 19.4 Å². The first kappa shape index (κ1) is 17.2. The molecule has 1 aromatic heterocycles. The summed E-state index contributed by atoms with van der Waals surface area (Å²) >= 11 is 12.3. The van der Waals surface area contributed by atoms with Gasteiger partial charge in [-0.05, 0) is 43.7 Å². The molecule has 0 bridgehead atoms. The van der Waals surface area contributed by atoms with E-state index in [1.807, 2.05) is 48.2 Å². The fourth-order valence-electron chi connectivity index (χ4n) is 3.35. The van der Waals surface area contributed by atoms with Crippen LogP contribution in [0.2, 0.25) is 10.0 Å². The Morgan fingerprint density at radius 1 is 1.15 bits per heavy atom. The lowest BCUT2D eigenvalue weighted by Gasteiger charge is -2.38. The molecule has 0 aliphatic carbocycles. The number of amides is 2. The number of nitrogens with zero attached hydrogens (tertiary/aromatic N) is 3. The van der Waals surface area contributed by atoms with Crippen LogP contribution in [0.15, 0.2) is 42.5 Å². The molecular formula is C19H18Cl2N4O. The van der Waals surface area contributed by atoms with Crippen LogP contribution in [0.5, 0.6) is 0 Å². The number of aromatic nitrogens is 2. The van der Waals surface area contributed by atoms with Crippen molar-refractivity contribution in [3.63, 3.8) is 0 Å². The predicted octanol–water partition coefficient (Wildman–Crippen LogP) is 5.26. The maximum atomic E-state index is 13.1. The van der Waals surface area contributed by atoms with Gasteiger partial charge >= 0.3 is 6.03 Å². The Morgan fingerprint density at radius 2 is 1.96 bits per heavy atom. The van der Waals surface area contributed by atoms with Gasteiger partial charge in [0.25, 0.3) is 0 Å². The summed E-state index contributed by atoms with van der Waals surface area (Å²) in [5.74, 6) is 0.747. The van der Waals surface area contributed by atoms with Crippen LogP contribution in [-0.2, 0) is 0 Å². The van der Waals surface area contributed by atoms with Crippen molar-refractivity contribution in [3.05, 3.63) is 58.3 Å². The summed E-state index contributed by atoms with van der Waals surface area (Å²) in [6, 6.07) is 12.7. The fourth-order valence-corrected chi connectivity index (χ4v) is 3.76. The topological polar surface area (TPSA) is 52.2 Å². The summed E-state index contributed by atoms with van der Waals surface area (Å²) in [6.45, 7) is 3.31. The van der Waals surface area contributed by atoms with Crippen LogP contribution in [0.1, 0.15) is 25.2 Å². The normalized spacial score (nSPS) is 16.3. The highest BCUT2D eigenvalue weighted by molar-refractivity contribution is 6.33. The molecule has 2 heterocycles. The second-order valence-corrected chi connectivity index (χ2v) is 7.24. The number of H-pyrrole nitrogens is 1. The number of halogens is 2. The smallest absolute Gasteiger partial charge is 0.325 e. The summed E-state index contributed by atoms with van der Waals surface area (Å²) in [7, 11) is 0. The SMILES string of the molecule is C[C@@H](c1nc2ccc(Cl)cc2[nH]1)N1CCCN(c2ccccc2Cl)C1=O. The van der Waals surface area contributed by atoms with Crippen LogP contribution in [0.25, 0.3) is 11.0 Å². The van der Waals surface area contributed by atoms with Gasteiger partial charge in [-0.2, -0.15) is 0 Å². The van der Waals surface area contributed by atoms with Gasteiger partial charge in [-0.1, -0.05) is 35.3 Å². The Labute approximate surface area is 161 Å². The van der Waals surface area contributed by atoms with Gasteiger partial charge in [0, 0.05) is 18.1 Å². The third-order valence-corrected chi connectivity index (χ3v) is 5.28. The van der Waals surface area contributed by atoms with Crippen molar-refractivity contribution in [2.75, 3.05) is 18.0 Å². The minimum absolute atomic E-state index is 0.0599. The number of benzene rings is 2. The highest BCUT2D eigenvalue weighted by Crippen LogP contribution is 2.31. The van der Waals surface area contributed by atoms with Gasteiger partial charge in [0.2, 0.25) is 0 Å². The number of hydrogen-bond donors (Lipinski definition) is 1. The molecule has 7 heteroatoms. The van der Waals surface area contributed by atoms with E-state index in [2.05, 4.69) is 9.97 Å². The number of fused-ring (bicyclic) bond motifs is 1. The van der Waals surface area contributed by atoms with Gasteiger partial charge in [-0.25, -0.2) is 9.78 Å². The van der Waals surface area contributed by atoms with E-state index in [0.29, 0.717) is 23.1 Å². The molecule has 1 fully saturated rings. The molecule has 26 heavy (non-hydrogen) atoms. The molecule has 0 spiro atoms. The summed E-state index contributed by atoms with van der Waals surface area (Å²) in [6.07, 6.45) is 0.868. The van der Waals surface area contributed by atoms with E-state index in [1.54, 1.807) is 11.0 Å². The molecule has 0 radical (unpaired) electrons. The van der Waals surface area contributed by atoms with Crippen LogP contribution in [0.3, 0.4) is 0 Å². The lowest BCUT2D eigenvalue weighted by molar-refractivity contribution is 0.173. The third kappa shape index (κ3) is 3.02. The van der Waals surface area contributed by atoms with Crippen LogP contribution in [-0.4, -0.2) is 34.0 Å². The van der Waals surface area contributed by atoms with Crippen molar-refractivity contribution >= 4 is 46.0 Å². The van der Waals surface area contributed by atoms with Crippen molar-refractivity contribution in [1.29, 1.82) is 0 Å². The number of nitrogens with one attached hydrogen (secondary N) is 1. The maximum absolute atomic E-state index is 13.1. The number of carbonyl (C=O) groups is 1. The highest BCUT2D eigenvalue weighted by Gasteiger charge is 2.32. The average molecular weight is 389 g/mol. The number of anilines is 1.